The van der Waals surface area contributed by atoms with E-state index in [2.05, 4.69) is 28.5 Å². The number of anilines is 1. The highest BCUT2D eigenvalue weighted by Gasteiger charge is 2.20. The molecule has 0 saturated carbocycles. The van der Waals surface area contributed by atoms with Crippen molar-refractivity contribution in [2.75, 3.05) is 11.1 Å². The highest BCUT2D eigenvalue weighted by molar-refractivity contribution is 7.98. The van der Waals surface area contributed by atoms with Crippen molar-refractivity contribution in [1.29, 1.82) is 0 Å². The fraction of sp³-hybridized carbons (Fsp3) is 0.214. The van der Waals surface area contributed by atoms with Crippen LogP contribution in [0.2, 0.25) is 0 Å². The zero-order chi connectivity index (χ0) is 12.4. The third kappa shape index (κ3) is 2.34. The first-order chi connectivity index (χ1) is 8.83. The maximum absolute atomic E-state index is 13.1. The van der Waals surface area contributed by atoms with E-state index in [9.17, 15) is 4.39 Å². The van der Waals surface area contributed by atoms with Gasteiger partial charge < -0.3 is 5.32 Å². The summed E-state index contributed by atoms with van der Waals surface area (Å²) in [6, 6.07) is 13.4. The van der Waals surface area contributed by atoms with Crippen molar-refractivity contribution in [3.63, 3.8) is 0 Å². The van der Waals surface area contributed by atoms with Crippen LogP contribution in [0, 0.1) is 5.95 Å². The SMILES string of the molecule is Fc1cccc(NC2CSCc3ccccc32)n1. The normalized spacial score (nSPS) is 18.2. The number of thioether (sulfide) groups is 1. The van der Waals surface area contributed by atoms with Crippen molar-refractivity contribution < 1.29 is 4.39 Å². The molecule has 0 saturated heterocycles. The molecule has 2 heterocycles. The molecule has 1 aliphatic rings. The molecule has 0 fully saturated rings. The standard InChI is InChI=1S/C14H13FN2S/c15-13-6-3-7-14(17-13)16-12-9-18-8-10-4-1-2-5-11(10)12/h1-7,12H,8-9H2,(H,16,17). The molecule has 4 heteroatoms. The lowest BCUT2D eigenvalue weighted by Crippen LogP contribution is -2.19. The molecule has 0 amide bonds. The van der Waals surface area contributed by atoms with Gasteiger partial charge in [0.25, 0.3) is 0 Å². The Kier molecular flexibility index (Phi) is 3.19. The Morgan fingerprint density at radius 1 is 1.17 bits per heavy atom. The molecule has 2 nitrogen and oxygen atoms in total. The molecule has 2 aromatic rings. The van der Waals surface area contributed by atoms with E-state index in [0.717, 1.165) is 11.5 Å². The van der Waals surface area contributed by atoms with Gasteiger partial charge in [-0.2, -0.15) is 16.2 Å². The van der Waals surface area contributed by atoms with Crippen LogP contribution in [-0.4, -0.2) is 10.7 Å². The van der Waals surface area contributed by atoms with Crippen LogP contribution in [0.4, 0.5) is 10.2 Å². The summed E-state index contributed by atoms with van der Waals surface area (Å²) in [4.78, 5) is 3.85. The average molecular weight is 260 g/mol. The number of hydrogen-bond acceptors (Lipinski definition) is 3. The molecule has 1 aromatic carbocycles. The van der Waals surface area contributed by atoms with Crippen molar-refractivity contribution in [2.24, 2.45) is 0 Å². The van der Waals surface area contributed by atoms with Crippen molar-refractivity contribution in [2.45, 2.75) is 11.8 Å². The number of pyridine rings is 1. The maximum atomic E-state index is 13.1. The first-order valence-corrected chi connectivity index (χ1v) is 7.03. The van der Waals surface area contributed by atoms with E-state index in [0.29, 0.717) is 5.82 Å². The zero-order valence-electron chi connectivity index (χ0n) is 9.77. The van der Waals surface area contributed by atoms with Gasteiger partial charge in [-0.15, -0.1) is 0 Å². The van der Waals surface area contributed by atoms with Crippen molar-refractivity contribution in [1.82, 2.24) is 4.98 Å². The van der Waals surface area contributed by atoms with Crippen LogP contribution < -0.4 is 5.32 Å². The minimum Gasteiger partial charge on any atom is -0.362 e. The van der Waals surface area contributed by atoms with E-state index < -0.39 is 5.95 Å². The quantitative estimate of drug-likeness (QED) is 0.835. The van der Waals surface area contributed by atoms with Gasteiger partial charge in [-0.25, -0.2) is 4.98 Å². The predicted molar refractivity (Wildman–Crippen MR) is 73.2 cm³/mol. The lowest BCUT2D eigenvalue weighted by molar-refractivity contribution is 0.584. The minimum atomic E-state index is -0.447. The Morgan fingerprint density at radius 3 is 2.94 bits per heavy atom. The summed E-state index contributed by atoms with van der Waals surface area (Å²) in [6.07, 6.45) is 0. The second-order valence-electron chi connectivity index (χ2n) is 4.26. The molecule has 1 aromatic heterocycles. The van der Waals surface area contributed by atoms with Gasteiger partial charge in [-0.1, -0.05) is 30.3 Å². The van der Waals surface area contributed by atoms with Gasteiger partial charge in [0, 0.05) is 11.5 Å². The van der Waals surface area contributed by atoms with E-state index in [1.807, 2.05) is 17.8 Å². The fourth-order valence-electron chi connectivity index (χ4n) is 2.17. The van der Waals surface area contributed by atoms with Crippen LogP contribution in [0.15, 0.2) is 42.5 Å². The number of rotatable bonds is 2. The predicted octanol–water partition coefficient (Wildman–Crippen LogP) is 3.62. The summed E-state index contributed by atoms with van der Waals surface area (Å²) in [5.74, 6) is 2.18. The molecule has 1 unspecified atom stereocenters. The van der Waals surface area contributed by atoms with Gasteiger partial charge in [0.2, 0.25) is 5.95 Å². The van der Waals surface area contributed by atoms with E-state index in [1.54, 1.807) is 12.1 Å². The lowest BCUT2D eigenvalue weighted by Gasteiger charge is -2.26. The largest absolute Gasteiger partial charge is 0.362 e. The Labute approximate surface area is 110 Å². The lowest BCUT2D eigenvalue weighted by atomic mass is 10.0. The number of nitrogens with zero attached hydrogens (tertiary/aromatic N) is 1. The van der Waals surface area contributed by atoms with Gasteiger partial charge in [0.05, 0.1) is 6.04 Å². The van der Waals surface area contributed by atoms with Gasteiger partial charge >= 0.3 is 0 Å². The zero-order valence-corrected chi connectivity index (χ0v) is 10.6. The Bertz CT molecular complexity index is 559. The van der Waals surface area contributed by atoms with E-state index >= 15 is 0 Å². The van der Waals surface area contributed by atoms with E-state index in [1.165, 1.54) is 17.2 Å². The van der Waals surface area contributed by atoms with Crippen LogP contribution in [-0.2, 0) is 5.75 Å². The number of fused-ring (bicyclic) bond motifs is 1. The number of nitrogens with one attached hydrogen (secondary N) is 1. The molecule has 0 spiro atoms. The first kappa shape index (κ1) is 11.5. The number of hydrogen-bond donors (Lipinski definition) is 1. The molecule has 92 valence electrons. The molecule has 1 atom stereocenters. The van der Waals surface area contributed by atoms with Crippen molar-refractivity contribution >= 4 is 17.6 Å². The summed E-state index contributed by atoms with van der Waals surface area (Å²) in [7, 11) is 0. The molecule has 0 bridgehead atoms. The second kappa shape index (κ2) is 4.98. The van der Waals surface area contributed by atoms with Crippen LogP contribution >= 0.6 is 11.8 Å². The van der Waals surface area contributed by atoms with Crippen LogP contribution in [0.25, 0.3) is 0 Å². The number of aromatic nitrogens is 1. The van der Waals surface area contributed by atoms with Crippen molar-refractivity contribution in [3.05, 3.63) is 59.5 Å². The Morgan fingerprint density at radius 2 is 2.06 bits per heavy atom. The molecule has 0 radical (unpaired) electrons. The van der Waals surface area contributed by atoms with Crippen LogP contribution in [0.3, 0.4) is 0 Å². The summed E-state index contributed by atoms with van der Waals surface area (Å²) in [5, 5.41) is 3.31. The third-order valence-corrected chi connectivity index (χ3v) is 4.09. The smallest absolute Gasteiger partial charge is 0.214 e. The van der Waals surface area contributed by atoms with Crippen molar-refractivity contribution in [3.8, 4) is 0 Å². The second-order valence-corrected chi connectivity index (χ2v) is 5.29. The van der Waals surface area contributed by atoms with Gasteiger partial charge in [-0.3, -0.25) is 0 Å². The first-order valence-electron chi connectivity index (χ1n) is 5.87. The summed E-state index contributed by atoms with van der Waals surface area (Å²) in [6.45, 7) is 0. The molecule has 18 heavy (non-hydrogen) atoms. The van der Waals surface area contributed by atoms with Crippen LogP contribution in [0.1, 0.15) is 17.2 Å². The van der Waals surface area contributed by atoms with Gasteiger partial charge in [0.1, 0.15) is 5.82 Å². The Hall–Kier alpha value is -1.55. The maximum Gasteiger partial charge on any atom is 0.214 e. The molecule has 1 aliphatic heterocycles. The fourth-order valence-corrected chi connectivity index (χ4v) is 3.27. The molecular weight excluding hydrogens is 247 g/mol. The van der Waals surface area contributed by atoms with Crippen LogP contribution in [0.5, 0.6) is 0 Å². The van der Waals surface area contributed by atoms with Gasteiger partial charge in [0.15, 0.2) is 0 Å². The molecular formula is C14H13FN2S. The monoisotopic (exact) mass is 260 g/mol. The number of benzene rings is 1. The summed E-state index contributed by atoms with van der Waals surface area (Å²) >= 11 is 1.89. The van der Waals surface area contributed by atoms with Gasteiger partial charge in [-0.05, 0) is 23.3 Å². The third-order valence-electron chi connectivity index (χ3n) is 3.01. The highest BCUT2D eigenvalue weighted by atomic mass is 32.2. The summed E-state index contributed by atoms with van der Waals surface area (Å²) in [5.41, 5.74) is 2.64. The Balaban J connectivity index is 1.86. The average Bonchev–Trinajstić information content (AvgIpc) is 2.39. The minimum absolute atomic E-state index is 0.203. The van der Waals surface area contributed by atoms with E-state index in [4.69, 9.17) is 0 Å². The molecule has 3 rings (SSSR count). The summed E-state index contributed by atoms with van der Waals surface area (Å²) < 4.78 is 13.1. The number of halogens is 1. The topological polar surface area (TPSA) is 24.9 Å². The highest BCUT2D eigenvalue weighted by Crippen LogP contribution is 2.33. The molecule has 1 N–H and O–H groups in total. The molecule has 0 aliphatic carbocycles. The van der Waals surface area contributed by atoms with E-state index in [-0.39, 0.29) is 6.04 Å².